The van der Waals surface area contributed by atoms with Gasteiger partial charge in [0.15, 0.2) is 0 Å². The van der Waals surface area contributed by atoms with Gasteiger partial charge in [-0.2, -0.15) is 0 Å². The van der Waals surface area contributed by atoms with Gasteiger partial charge in [-0.1, -0.05) is 35.6 Å². The summed E-state index contributed by atoms with van der Waals surface area (Å²) in [5.41, 5.74) is 0.774. The van der Waals surface area contributed by atoms with Gasteiger partial charge in [0.1, 0.15) is 27.3 Å². The van der Waals surface area contributed by atoms with Crippen LogP contribution in [0.2, 0.25) is 0 Å². The molecule has 4 aromatic rings. The maximum Gasteiger partial charge on any atom is 0.410 e. The van der Waals surface area contributed by atoms with Crippen molar-refractivity contribution in [2.75, 3.05) is 18.0 Å². The Bertz CT molecular complexity index is 1630. The van der Waals surface area contributed by atoms with Crippen molar-refractivity contribution < 1.29 is 28.6 Å². The molecule has 0 saturated carbocycles. The average Bonchev–Trinajstić information content (AvgIpc) is 3.39. The van der Waals surface area contributed by atoms with Crippen molar-refractivity contribution in [2.24, 2.45) is 0 Å². The number of aromatic nitrogens is 3. The molecule has 0 bridgehead atoms. The van der Waals surface area contributed by atoms with Crippen LogP contribution in [0.25, 0.3) is 21.3 Å². The minimum Gasteiger partial charge on any atom is -0.483 e. The molecule has 0 unspecified atom stereocenters. The maximum atomic E-state index is 15.6. The summed E-state index contributed by atoms with van der Waals surface area (Å²) in [6.45, 7) is 9.76. The number of likely N-dealkylation sites (tertiary alicyclic amines) is 1. The van der Waals surface area contributed by atoms with Crippen molar-refractivity contribution >= 4 is 46.4 Å². The molecule has 1 saturated heterocycles. The molecule has 12 heteroatoms. The van der Waals surface area contributed by atoms with Crippen LogP contribution in [-0.2, 0) is 9.53 Å². The van der Waals surface area contributed by atoms with Gasteiger partial charge >= 0.3 is 6.09 Å². The number of pyridine rings is 1. The molecule has 43 heavy (non-hydrogen) atoms. The van der Waals surface area contributed by atoms with Crippen LogP contribution in [0.3, 0.4) is 0 Å². The smallest absolute Gasteiger partial charge is 0.410 e. The quantitative estimate of drug-likeness (QED) is 0.270. The first-order valence-corrected chi connectivity index (χ1v) is 14.6. The molecule has 1 aliphatic heterocycles. The third kappa shape index (κ3) is 7.31. The number of halogens is 1. The molecule has 3 heterocycles. The van der Waals surface area contributed by atoms with Gasteiger partial charge in [0.25, 0.3) is 12.4 Å². The molecule has 0 spiro atoms. The first kappa shape index (κ1) is 31.5. The van der Waals surface area contributed by atoms with Gasteiger partial charge in [-0.05, 0) is 76.6 Å². The van der Waals surface area contributed by atoms with Crippen LogP contribution < -0.4 is 4.90 Å². The highest BCUT2D eigenvalue weighted by Gasteiger charge is 2.36. The lowest BCUT2D eigenvalue weighted by Gasteiger charge is -2.39. The fraction of sp³-hybridized carbons (Fsp3) is 0.355. The number of aryl methyl sites for hydroxylation is 2. The second-order valence-electron chi connectivity index (χ2n) is 11.1. The molecule has 5 rings (SSSR count). The molecule has 2 aromatic carbocycles. The Morgan fingerprint density at radius 3 is 2.56 bits per heavy atom. The van der Waals surface area contributed by atoms with Crippen LogP contribution >= 0.6 is 11.3 Å². The van der Waals surface area contributed by atoms with Crippen LogP contribution in [0.15, 0.2) is 48.7 Å². The Morgan fingerprint density at radius 2 is 1.91 bits per heavy atom. The summed E-state index contributed by atoms with van der Waals surface area (Å²) in [6.07, 6.45) is 2.51. The van der Waals surface area contributed by atoms with Gasteiger partial charge in [0.2, 0.25) is 0 Å². The van der Waals surface area contributed by atoms with E-state index in [-0.39, 0.29) is 18.6 Å². The van der Waals surface area contributed by atoms with Crippen molar-refractivity contribution in [1.82, 2.24) is 20.1 Å². The minimum absolute atomic E-state index is 0.0771. The number of ether oxygens (including phenoxy) is 1. The molecular weight excluding hydrogens is 573 g/mol. The largest absolute Gasteiger partial charge is 0.483 e. The molecule has 1 N–H and O–H groups in total. The maximum absolute atomic E-state index is 15.6. The Morgan fingerprint density at radius 1 is 1.16 bits per heavy atom. The number of rotatable bonds is 4. The Hall–Kier alpha value is -4.45. The number of amides is 2. The van der Waals surface area contributed by atoms with Crippen LogP contribution in [0.4, 0.5) is 15.0 Å². The van der Waals surface area contributed by atoms with E-state index >= 15 is 4.39 Å². The molecule has 10 nitrogen and oxygen atoms in total. The van der Waals surface area contributed by atoms with E-state index < -0.39 is 29.5 Å². The highest BCUT2D eigenvalue weighted by molar-refractivity contribution is 7.14. The van der Waals surface area contributed by atoms with E-state index in [1.54, 1.807) is 22.1 Å². The third-order valence-corrected chi connectivity index (χ3v) is 7.70. The molecule has 226 valence electrons. The zero-order valence-corrected chi connectivity index (χ0v) is 25.5. The SMILES string of the molecule is Cc1nnc(-c2ccc(C(=O)N(c3nccc4cccc(C)c34)[C@@H]3CCCN(C(=O)OC(C)(C)C)C3)c(F)c2)s1.O=CO. The number of carboxylic acid groups (broad SMARTS) is 1. The zero-order valence-electron chi connectivity index (χ0n) is 24.7. The fourth-order valence-corrected chi connectivity index (χ4v) is 5.72. The van der Waals surface area contributed by atoms with Crippen molar-refractivity contribution in [2.45, 2.75) is 59.1 Å². The Kier molecular flexibility index (Phi) is 9.70. The Labute approximate surface area is 253 Å². The molecule has 1 fully saturated rings. The molecule has 2 amide bonds. The van der Waals surface area contributed by atoms with Crippen LogP contribution in [0.5, 0.6) is 0 Å². The van der Waals surface area contributed by atoms with E-state index in [1.165, 1.54) is 23.5 Å². The molecule has 1 atom stereocenters. The fourth-order valence-electron chi connectivity index (χ4n) is 5.03. The van der Waals surface area contributed by atoms with Crippen molar-refractivity contribution in [3.05, 3.63) is 70.6 Å². The first-order chi connectivity index (χ1) is 20.4. The summed E-state index contributed by atoms with van der Waals surface area (Å²) in [5, 5.41) is 18.1. The van der Waals surface area contributed by atoms with Crippen molar-refractivity contribution in [3.63, 3.8) is 0 Å². The lowest BCUT2D eigenvalue weighted by molar-refractivity contribution is -0.122. The first-order valence-electron chi connectivity index (χ1n) is 13.8. The van der Waals surface area contributed by atoms with Crippen molar-refractivity contribution in [1.29, 1.82) is 0 Å². The lowest BCUT2D eigenvalue weighted by Crippen LogP contribution is -2.53. The molecular formula is C31H34FN5O5S. The van der Waals surface area contributed by atoms with Gasteiger partial charge in [-0.3, -0.25) is 14.5 Å². The van der Waals surface area contributed by atoms with E-state index in [1.807, 2.05) is 58.9 Å². The zero-order chi connectivity index (χ0) is 31.3. The topological polar surface area (TPSA) is 126 Å². The highest BCUT2D eigenvalue weighted by atomic mass is 32.1. The number of nitrogens with zero attached hydrogens (tertiary/aromatic N) is 5. The van der Waals surface area contributed by atoms with Crippen LogP contribution in [-0.4, -0.2) is 68.4 Å². The van der Waals surface area contributed by atoms with Gasteiger partial charge < -0.3 is 14.7 Å². The second kappa shape index (κ2) is 13.2. The predicted molar refractivity (Wildman–Crippen MR) is 163 cm³/mol. The number of anilines is 1. The number of fused-ring (bicyclic) bond motifs is 1. The minimum atomic E-state index is -0.655. The summed E-state index contributed by atoms with van der Waals surface area (Å²) in [7, 11) is 0. The number of piperidine rings is 1. The number of hydrogen-bond acceptors (Lipinski definition) is 8. The van der Waals surface area contributed by atoms with Gasteiger partial charge in [-0.15, -0.1) is 10.2 Å². The predicted octanol–water partition coefficient (Wildman–Crippen LogP) is 6.26. The van der Waals surface area contributed by atoms with E-state index in [9.17, 15) is 9.59 Å². The van der Waals surface area contributed by atoms with Gasteiger partial charge in [0.05, 0.1) is 11.6 Å². The summed E-state index contributed by atoms with van der Waals surface area (Å²) in [5.74, 6) is -0.728. The number of carbonyl (C=O) groups excluding carboxylic acids is 2. The van der Waals surface area contributed by atoms with Crippen LogP contribution in [0, 0.1) is 19.7 Å². The number of hydrogen-bond donors (Lipinski definition) is 1. The molecule has 0 radical (unpaired) electrons. The van der Waals surface area contributed by atoms with E-state index in [0.717, 1.165) is 21.3 Å². The lowest BCUT2D eigenvalue weighted by atomic mass is 10.00. The normalized spacial score (nSPS) is 14.9. The third-order valence-electron chi connectivity index (χ3n) is 6.81. The summed E-state index contributed by atoms with van der Waals surface area (Å²) < 4.78 is 21.2. The monoisotopic (exact) mass is 607 g/mol. The summed E-state index contributed by atoms with van der Waals surface area (Å²) >= 11 is 1.36. The second-order valence-corrected chi connectivity index (χ2v) is 12.3. The van der Waals surface area contributed by atoms with Crippen LogP contribution in [0.1, 0.15) is 54.5 Å². The molecule has 1 aliphatic rings. The highest BCUT2D eigenvalue weighted by Crippen LogP contribution is 2.33. The van der Waals surface area contributed by atoms with E-state index in [4.69, 9.17) is 14.6 Å². The van der Waals surface area contributed by atoms with Gasteiger partial charge in [0, 0.05) is 30.2 Å². The molecule has 0 aliphatic carbocycles. The molecule has 2 aromatic heterocycles. The summed E-state index contributed by atoms with van der Waals surface area (Å²) in [4.78, 5) is 43.4. The average molecular weight is 608 g/mol. The Balaban J connectivity index is 0.00000135. The number of benzene rings is 2. The number of carbonyl (C=O) groups is 3. The van der Waals surface area contributed by atoms with E-state index in [0.29, 0.717) is 35.8 Å². The summed E-state index contributed by atoms with van der Waals surface area (Å²) in [6, 6.07) is 11.8. The standard InChI is InChI=1S/C30H32FN5O3S.CH2O2/c1-18-8-6-9-20-13-14-32-26(25(18)20)36(22-10-7-15-35(17-22)29(38)39-30(3,4)5)28(37)23-12-11-21(16-24(23)31)27-34-33-19(2)40-27;2-1-3/h6,8-9,11-14,16,22H,7,10,15,17H2,1-5H3;1H,(H,2,3)/t22-;/m1./s1. The van der Waals surface area contributed by atoms with E-state index in [2.05, 4.69) is 15.2 Å². The van der Waals surface area contributed by atoms with Crippen molar-refractivity contribution in [3.8, 4) is 10.6 Å². The van der Waals surface area contributed by atoms with Gasteiger partial charge in [-0.25, -0.2) is 14.2 Å².